The number of hydrogen-bond donors (Lipinski definition) is 1. The zero-order valence-corrected chi connectivity index (χ0v) is 12.9. The zero-order valence-electron chi connectivity index (χ0n) is 12.9. The second kappa shape index (κ2) is 6.03. The van der Waals surface area contributed by atoms with E-state index < -0.39 is 11.9 Å². The maximum absolute atomic E-state index is 12.5. The number of likely N-dealkylation sites (tertiary alicyclic amines) is 2. The van der Waals surface area contributed by atoms with Crippen LogP contribution < -0.4 is 0 Å². The number of carboxylic acid groups (broad SMARTS) is 1. The van der Waals surface area contributed by atoms with Gasteiger partial charge in [0.15, 0.2) is 0 Å². The van der Waals surface area contributed by atoms with E-state index in [0.717, 1.165) is 0 Å². The van der Waals surface area contributed by atoms with Crippen molar-refractivity contribution < 1.29 is 19.5 Å². The molecule has 0 aromatic carbocycles. The molecular weight excluding hydrogens is 272 g/mol. The lowest BCUT2D eigenvalue weighted by Gasteiger charge is -2.21. The Morgan fingerprint density at radius 3 is 2.48 bits per heavy atom. The highest BCUT2D eigenvalue weighted by molar-refractivity contribution is 5.89. The molecule has 0 saturated carbocycles. The van der Waals surface area contributed by atoms with Crippen molar-refractivity contribution in [2.24, 2.45) is 23.7 Å². The topological polar surface area (TPSA) is 77.9 Å². The monoisotopic (exact) mass is 296 g/mol. The first-order valence-electron chi connectivity index (χ1n) is 7.59. The summed E-state index contributed by atoms with van der Waals surface area (Å²) in [5.41, 5.74) is 0. The number of aliphatic carboxylic acids is 1. The summed E-state index contributed by atoms with van der Waals surface area (Å²) >= 11 is 0. The van der Waals surface area contributed by atoms with Crippen molar-refractivity contribution in [3.63, 3.8) is 0 Å². The van der Waals surface area contributed by atoms with Gasteiger partial charge in [0.1, 0.15) is 0 Å². The first kappa shape index (κ1) is 15.8. The molecule has 6 nitrogen and oxygen atoms in total. The number of amides is 2. The molecule has 2 heterocycles. The molecule has 0 aliphatic carbocycles. The van der Waals surface area contributed by atoms with Crippen LogP contribution in [0.5, 0.6) is 0 Å². The Bertz CT molecular complexity index is 449. The van der Waals surface area contributed by atoms with Gasteiger partial charge in [0.05, 0.1) is 11.8 Å². The second-order valence-corrected chi connectivity index (χ2v) is 6.76. The van der Waals surface area contributed by atoms with Gasteiger partial charge in [-0.25, -0.2) is 0 Å². The van der Waals surface area contributed by atoms with E-state index in [1.54, 1.807) is 9.80 Å². The van der Waals surface area contributed by atoms with E-state index in [9.17, 15) is 14.4 Å². The van der Waals surface area contributed by atoms with Gasteiger partial charge in [-0.3, -0.25) is 14.4 Å². The van der Waals surface area contributed by atoms with Crippen LogP contribution in [0.15, 0.2) is 0 Å². The largest absolute Gasteiger partial charge is 0.481 e. The minimum atomic E-state index is -0.846. The Labute approximate surface area is 125 Å². The van der Waals surface area contributed by atoms with Gasteiger partial charge in [0.2, 0.25) is 11.8 Å². The van der Waals surface area contributed by atoms with E-state index in [2.05, 4.69) is 0 Å². The van der Waals surface area contributed by atoms with Crippen LogP contribution in [0.2, 0.25) is 0 Å². The number of rotatable bonds is 4. The van der Waals surface area contributed by atoms with Gasteiger partial charge >= 0.3 is 5.97 Å². The van der Waals surface area contributed by atoms with E-state index >= 15 is 0 Å². The molecule has 6 heteroatoms. The summed E-state index contributed by atoms with van der Waals surface area (Å²) in [5, 5.41) is 9.13. The highest BCUT2D eigenvalue weighted by Gasteiger charge is 2.42. The van der Waals surface area contributed by atoms with Crippen LogP contribution in [0, 0.1) is 23.7 Å². The Hall–Kier alpha value is -1.59. The van der Waals surface area contributed by atoms with Crippen LogP contribution in [0.4, 0.5) is 0 Å². The van der Waals surface area contributed by atoms with Crippen LogP contribution in [-0.2, 0) is 14.4 Å². The highest BCUT2D eigenvalue weighted by atomic mass is 16.4. The minimum absolute atomic E-state index is 0.0316. The van der Waals surface area contributed by atoms with Gasteiger partial charge in [-0.2, -0.15) is 0 Å². The predicted octanol–water partition coefficient (Wildman–Crippen LogP) is 0.670. The van der Waals surface area contributed by atoms with E-state index in [-0.39, 0.29) is 36.6 Å². The van der Waals surface area contributed by atoms with Crippen LogP contribution in [-0.4, -0.2) is 58.9 Å². The first-order chi connectivity index (χ1) is 9.79. The molecule has 1 N–H and O–H groups in total. The fourth-order valence-corrected chi connectivity index (χ4v) is 3.28. The molecule has 2 rings (SSSR count). The molecule has 3 unspecified atom stereocenters. The fourth-order valence-electron chi connectivity index (χ4n) is 3.28. The van der Waals surface area contributed by atoms with E-state index in [0.29, 0.717) is 25.6 Å². The van der Waals surface area contributed by atoms with E-state index in [4.69, 9.17) is 5.11 Å². The van der Waals surface area contributed by atoms with Crippen molar-refractivity contribution in [2.75, 3.05) is 26.2 Å². The summed E-state index contributed by atoms with van der Waals surface area (Å²) in [5.74, 6) is -1.33. The van der Waals surface area contributed by atoms with Crippen molar-refractivity contribution in [3.05, 3.63) is 0 Å². The molecule has 118 valence electrons. The van der Waals surface area contributed by atoms with E-state index in [1.165, 1.54) is 0 Å². The van der Waals surface area contributed by atoms with Gasteiger partial charge in [0.25, 0.3) is 0 Å². The lowest BCUT2D eigenvalue weighted by atomic mass is 9.99. The first-order valence-corrected chi connectivity index (χ1v) is 7.59. The molecule has 0 aromatic heterocycles. The third-order valence-corrected chi connectivity index (χ3v) is 4.39. The van der Waals surface area contributed by atoms with Gasteiger partial charge < -0.3 is 14.9 Å². The lowest BCUT2D eigenvalue weighted by molar-refractivity contribution is -0.142. The Balaban J connectivity index is 1.96. The average molecular weight is 296 g/mol. The molecule has 2 saturated heterocycles. The van der Waals surface area contributed by atoms with Crippen LogP contribution >= 0.6 is 0 Å². The van der Waals surface area contributed by atoms with Crippen LogP contribution in [0.25, 0.3) is 0 Å². The average Bonchev–Trinajstić information content (AvgIpc) is 2.92. The number of hydrogen-bond acceptors (Lipinski definition) is 3. The number of carbonyl (C=O) groups excluding carboxylic acids is 2. The van der Waals surface area contributed by atoms with Crippen molar-refractivity contribution in [3.8, 4) is 0 Å². The quantitative estimate of drug-likeness (QED) is 0.827. The maximum atomic E-state index is 12.5. The summed E-state index contributed by atoms with van der Waals surface area (Å²) in [6.45, 7) is 7.84. The molecular formula is C15H24N2O4. The van der Waals surface area contributed by atoms with Crippen LogP contribution in [0.3, 0.4) is 0 Å². The SMILES string of the molecule is CC(C)CN1CC(C(=O)N2CC(C)C(C(=O)O)C2)CC1=O. The third-order valence-electron chi connectivity index (χ3n) is 4.39. The molecule has 3 atom stereocenters. The number of nitrogens with zero attached hydrogens (tertiary/aromatic N) is 2. The van der Waals surface area contributed by atoms with Crippen molar-refractivity contribution in [1.29, 1.82) is 0 Å². The zero-order chi connectivity index (χ0) is 15.7. The van der Waals surface area contributed by atoms with Gasteiger partial charge in [0, 0.05) is 32.6 Å². The molecule has 0 radical (unpaired) electrons. The minimum Gasteiger partial charge on any atom is -0.481 e. The van der Waals surface area contributed by atoms with Gasteiger partial charge in [-0.1, -0.05) is 20.8 Å². The Morgan fingerprint density at radius 1 is 1.29 bits per heavy atom. The Kier molecular flexibility index (Phi) is 4.54. The van der Waals surface area contributed by atoms with E-state index in [1.807, 2.05) is 20.8 Å². The van der Waals surface area contributed by atoms with Crippen molar-refractivity contribution in [1.82, 2.24) is 9.80 Å². The third kappa shape index (κ3) is 3.36. The summed E-state index contributed by atoms with van der Waals surface area (Å²) in [4.78, 5) is 38.9. The summed E-state index contributed by atoms with van der Waals surface area (Å²) < 4.78 is 0. The standard InChI is InChI=1S/C15H24N2O4/c1-9(2)5-16-7-11(4-13(16)18)14(19)17-6-10(3)12(8-17)15(20)21/h9-12H,4-8H2,1-3H3,(H,20,21). The molecule has 0 aromatic rings. The molecule has 0 bridgehead atoms. The maximum Gasteiger partial charge on any atom is 0.308 e. The van der Waals surface area contributed by atoms with Crippen LogP contribution in [0.1, 0.15) is 27.2 Å². The van der Waals surface area contributed by atoms with Crippen molar-refractivity contribution in [2.45, 2.75) is 27.2 Å². The molecule has 2 amide bonds. The number of carbonyl (C=O) groups is 3. The molecule has 2 aliphatic rings. The highest BCUT2D eigenvalue weighted by Crippen LogP contribution is 2.27. The summed E-state index contributed by atoms with van der Waals surface area (Å²) in [6.07, 6.45) is 0.258. The molecule has 2 fully saturated rings. The number of carboxylic acids is 1. The predicted molar refractivity (Wildman–Crippen MR) is 76.4 cm³/mol. The van der Waals surface area contributed by atoms with Gasteiger partial charge in [-0.05, 0) is 11.8 Å². The molecule has 2 aliphatic heterocycles. The van der Waals surface area contributed by atoms with Crippen molar-refractivity contribution >= 4 is 17.8 Å². The lowest BCUT2D eigenvalue weighted by Crippen LogP contribution is -2.37. The second-order valence-electron chi connectivity index (χ2n) is 6.76. The molecule has 0 spiro atoms. The summed E-state index contributed by atoms with van der Waals surface area (Å²) in [7, 11) is 0. The smallest absolute Gasteiger partial charge is 0.308 e. The normalized spacial score (nSPS) is 29.5. The Morgan fingerprint density at radius 2 is 1.95 bits per heavy atom. The van der Waals surface area contributed by atoms with Gasteiger partial charge in [-0.15, -0.1) is 0 Å². The fraction of sp³-hybridized carbons (Fsp3) is 0.800. The summed E-state index contributed by atoms with van der Waals surface area (Å²) in [6, 6.07) is 0. The molecule has 21 heavy (non-hydrogen) atoms.